The third kappa shape index (κ3) is 5.27. The fourth-order valence-corrected chi connectivity index (χ4v) is 2.02. The lowest BCUT2D eigenvalue weighted by Gasteiger charge is -2.31. The zero-order chi connectivity index (χ0) is 18.5. The molecule has 0 aliphatic rings. The van der Waals surface area contributed by atoms with Gasteiger partial charge in [-0.2, -0.15) is 5.06 Å². The van der Waals surface area contributed by atoms with E-state index in [1.807, 2.05) is 0 Å². The van der Waals surface area contributed by atoms with Crippen molar-refractivity contribution in [1.29, 1.82) is 0 Å². The van der Waals surface area contributed by atoms with Crippen LogP contribution in [0.5, 0.6) is 0 Å². The van der Waals surface area contributed by atoms with Crippen LogP contribution in [0.3, 0.4) is 0 Å². The maximum atomic E-state index is 12.8. The lowest BCUT2D eigenvalue weighted by molar-refractivity contribution is -0.212. The van der Waals surface area contributed by atoms with Gasteiger partial charge in [0, 0.05) is 16.8 Å². The minimum atomic E-state index is -0.925. The summed E-state index contributed by atoms with van der Waals surface area (Å²) in [6.45, 7) is 6.69. The van der Waals surface area contributed by atoms with Gasteiger partial charge in [-0.25, -0.2) is 4.79 Å². The van der Waals surface area contributed by atoms with E-state index in [-0.39, 0.29) is 18.3 Å². The Labute approximate surface area is 158 Å². The van der Waals surface area contributed by atoms with E-state index < -0.39 is 22.7 Å². The number of alkyl halides is 2. The number of hydrogen-bond acceptors (Lipinski definition) is 3. The van der Waals surface area contributed by atoms with Crippen LogP contribution in [0.15, 0.2) is 24.3 Å². The molecular formula is C17H22Cl3NO3. The number of carbonyl (C=O) groups is 2. The van der Waals surface area contributed by atoms with Gasteiger partial charge in [0.2, 0.25) is 0 Å². The van der Waals surface area contributed by atoms with Gasteiger partial charge < -0.3 is 4.84 Å². The van der Waals surface area contributed by atoms with Gasteiger partial charge in [0.15, 0.2) is 0 Å². The topological polar surface area (TPSA) is 46.6 Å². The second-order valence-electron chi connectivity index (χ2n) is 6.85. The number of rotatable bonds is 6. The van der Waals surface area contributed by atoms with Crippen LogP contribution in [0, 0.1) is 10.8 Å². The number of halogens is 3. The number of hydrogen-bond donors (Lipinski definition) is 0. The molecule has 0 fully saturated rings. The standard InChI is InChI=1S/C17H22Cl3NO3/c1-16(2,10-18)14(22)21(24-15(23)17(3,4)11-19)9-12-7-5-6-8-13(12)20/h5-8H,9-11H2,1-4H3. The van der Waals surface area contributed by atoms with Crippen molar-refractivity contribution in [2.75, 3.05) is 11.8 Å². The molecule has 0 radical (unpaired) electrons. The molecule has 0 saturated heterocycles. The normalized spacial score (nSPS) is 12.0. The maximum Gasteiger partial charge on any atom is 0.339 e. The Morgan fingerprint density at radius 3 is 2.08 bits per heavy atom. The predicted octanol–water partition coefficient (Wildman–Crippen LogP) is 4.66. The molecule has 0 atom stereocenters. The van der Waals surface area contributed by atoms with E-state index in [4.69, 9.17) is 39.6 Å². The monoisotopic (exact) mass is 393 g/mol. The minimum absolute atomic E-state index is 0.0307. The highest BCUT2D eigenvalue weighted by molar-refractivity contribution is 6.31. The minimum Gasteiger partial charge on any atom is -0.337 e. The van der Waals surface area contributed by atoms with E-state index in [0.29, 0.717) is 10.6 Å². The first kappa shape index (κ1) is 21.1. The van der Waals surface area contributed by atoms with Crippen LogP contribution in [0.2, 0.25) is 5.02 Å². The Kier molecular flexibility index (Phi) is 7.39. The lowest BCUT2D eigenvalue weighted by atomic mass is 9.94. The van der Waals surface area contributed by atoms with E-state index in [2.05, 4.69) is 0 Å². The number of hydroxylamine groups is 2. The molecule has 0 N–H and O–H groups in total. The van der Waals surface area contributed by atoms with E-state index in [9.17, 15) is 9.59 Å². The molecule has 1 rings (SSSR count). The van der Waals surface area contributed by atoms with Gasteiger partial charge >= 0.3 is 5.97 Å². The Balaban J connectivity index is 3.11. The van der Waals surface area contributed by atoms with Crippen LogP contribution in [0.1, 0.15) is 33.3 Å². The van der Waals surface area contributed by atoms with E-state index in [1.165, 1.54) is 0 Å². The summed E-state index contributed by atoms with van der Waals surface area (Å²) >= 11 is 17.8. The smallest absolute Gasteiger partial charge is 0.337 e. The highest BCUT2D eigenvalue weighted by atomic mass is 35.5. The van der Waals surface area contributed by atoms with Crippen molar-refractivity contribution in [1.82, 2.24) is 5.06 Å². The Hall–Kier alpha value is -0.970. The second kappa shape index (κ2) is 8.41. The van der Waals surface area contributed by atoms with Gasteiger partial charge in [-0.3, -0.25) is 4.79 Å². The summed E-state index contributed by atoms with van der Waals surface area (Å²) in [6.07, 6.45) is 0. The zero-order valence-electron chi connectivity index (χ0n) is 14.2. The molecule has 0 spiro atoms. The predicted molar refractivity (Wildman–Crippen MR) is 97.1 cm³/mol. The van der Waals surface area contributed by atoms with Gasteiger partial charge in [-0.15, -0.1) is 23.2 Å². The van der Waals surface area contributed by atoms with Crippen molar-refractivity contribution in [3.8, 4) is 0 Å². The molecule has 24 heavy (non-hydrogen) atoms. The van der Waals surface area contributed by atoms with Crippen molar-refractivity contribution in [3.05, 3.63) is 34.9 Å². The summed E-state index contributed by atoms with van der Waals surface area (Å²) in [5, 5.41) is 1.49. The van der Waals surface area contributed by atoms with Crippen LogP contribution >= 0.6 is 34.8 Å². The Bertz CT molecular complexity index is 602. The van der Waals surface area contributed by atoms with E-state index in [0.717, 1.165) is 5.06 Å². The number of amides is 1. The van der Waals surface area contributed by atoms with Crippen molar-refractivity contribution in [2.45, 2.75) is 34.2 Å². The lowest BCUT2D eigenvalue weighted by Crippen LogP contribution is -2.45. The van der Waals surface area contributed by atoms with Crippen LogP contribution in [0.25, 0.3) is 0 Å². The number of nitrogens with zero attached hydrogens (tertiary/aromatic N) is 1. The van der Waals surface area contributed by atoms with Gasteiger partial charge in [-0.05, 0) is 39.3 Å². The molecule has 0 aromatic heterocycles. The van der Waals surface area contributed by atoms with Crippen molar-refractivity contribution in [2.24, 2.45) is 10.8 Å². The van der Waals surface area contributed by atoms with E-state index >= 15 is 0 Å². The maximum absolute atomic E-state index is 12.8. The number of carbonyl (C=O) groups excluding carboxylic acids is 2. The molecule has 134 valence electrons. The summed E-state index contributed by atoms with van der Waals surface area (Å²) in [4.78, 5) is 30.4. The highest BCUT2D eigenvalue weighted by Gasteiger charge is 2.37. The molecule has 1 aromatic carbocycles. The fraction of sp³-hybridized carbons (Fsp3) is 0.529. The van der Waals surface area contributed by atoms with Crippen LogP contribution in [0.4, 0.5) is 0 Å². The molecule has 0 aliphatic heterocycles. The molecule has 0 aliphatic carbocycles. The summed E-state index contributed by atoms with van der Waals surface area (Å²) in [5.41, 5.74) is -1.16. The summed E-state index contributed by atoms with van der Waals surface area (Å²) in [6, 6.07) is 7.04. The molecule has 1 amide bonds. The summed E-state index contributed by atoms with van der Waals surface area (Å²) in [7, 11) is 0. The van der Waals surface area contributed by atoms with Crippen LogP contribution in [-0.2, 0) is 21.0 Å². The first-order valence-electron chi connectivity index (χ1n) is 7.45. The zero-order valence-corrected chi connectivity index (χ0v) is 16.5. The highest BCUT2D eigenvalue weighted by Crippen LogP contribution is 2.27. The molecule has 7 heteroatoms. The average molecular weight is 395 g/mol. The molecule has 4 nitrogen and oxygen atoms in total. The van der Waals surface area contributed by atoms with Crippen molar-refractivity contribution >= 4 is 46.7 Å². The second-order valence-corrected chi connectivity index (χ2v) is 7.79. The average Bonchev–Trinajstić information content (AvgIpc) is 2.55. The van der Waals surface area contributed by atoms with Crippen molar-refractivity contribution < 1.29 is 14.4 Å². The van der Waals surface area contributed by atoms with Gasteiger partial charge in [-0.1, -0.05) is 29.8 Å². The van der Waals surface area contributed by atoms with Crippen LogP contribution < -0.4 is 0 Å². The van der Waals surface area contributed by atoms with Gasteiger partial charge in [0.1, 0.15) is 0 Å². The summed E-state index contributed by atoms with van der Waals surface area (Å²) in [5.74, 6) is -0.848. The first-order chi connectivity index (χ1) is 11.0. The quantitative estimate of drug-likeness (QED) is 0.521. The molecule has 1 aromatic rings. The summed E-state index contributed by atoms with van der Waals surface area (Å²) < 4.78 is 0. The van der Waals surface area contributed by atoms with Gasteiger partial charge in [0.05, 0.1) is 17.4 Å². The molecular weight excluding hydrogens is 373 g/mol. The number of benzene rings is 1. The molecule has 0 bridgehead atoms. The first-order valence-corrected chi connectivity index (χ1v) is 8.89. The third-order valence-corrected chi connectivity index (χ3v) is 5.20. The SMILES string of the molecule is CC(C)(CCl)C(=O)ON(Cc1ccccc1Cl)C(=O)C(C)(C)CCl. The Morgan fingerprint density at radius 2 is 1.58 bits per heavy atom. The van der Waals surface area contributed by atoms with Crippen LogP contribution in [-0.4, -0.2) is 28.7 Å². The molecule has 0 heterocycles. The Morgan fingerprint density at radius 1 is 1.04 bits per heavy atom. The molecule has 0 saturated carbocycles. The largest absolute Gasteiger partial charge is 0.339 e. The third-order valence-electron chi connectivity index (χ3n) is 3.49. The molecule has 0 unspecified atom stereocenters. The fourth-order valence-electron chi connectivity index (χ4n) is 1.60. The van der Waals surface area contributed by atoms with Gasteiger partial charge in [0.25, 0.3) is 5.91 Å². The van der Waals surface area contributed by atoms with E-state index in [1.54, 1.807) is 52.0 Å². The van der Waals surface area contributed by atoms with Crippen molar-refractivity contribution in [3.63, 3.8) is 0 Å².